The Morgan fingerprint density at radius 1 is 0.750 bits per heavy atom. The smallest absolute Gasteiger partial charge is 0.0409 e. The Kier molecular flexibility index (Phi) is 3.51. The minimum absolute atomic E-state index is 1.19. The van der Waals surface area contributed by atoms with Crippen LogP contribution in [0.3, 0.4) is 0 Å². The summed E-state index contributed by atoms with van der Waals surface area (Å²) < 4.78 is 0. The largest absolute Gasteiger partial charge is 0.351 e. The first-order valence-electron chi connectivity index (χ1n) is 6.78. The number of nitrogens with zero attached hydrogens (tertiary/aromatic N) is 1. The predicted octanol–water partition coefficient (Wildman–Crippen LogP) is 4.95. The molecule has 3 rings (SSSR count). The highest BCUT2D eigenvalue weighted by Crippen LogP contribution is 2.21. The number of rotatable bonds is 3. The zero-order chi connectivity index (χ0) is 13.8. The fraction of sp³-hybridized carbons (Fsp3) is 0.0526. The Hall–Kier alpha value is -2.54. The molecule has 1 heteroatoms. The summed E-state index contributed by atoms with van der Waals surface area (Å²) in [6.07, 6.45) is 4.22. The first kappa shape index (κ1) is 12.5. The maximum Gasteiger partial charge on any atom is 0.0409 e. The van der Waals surface area contributed by atoms with E-state index >= 15 is 0 Å². The summed E-state index contributed by atoms with van der Waals surface area (Å²) >= 11 is 0. The molecule has 0 atom stereocenters. The topological polar surface area (TPSA) is 3.24 Å². The summed E-state index contributed by atoms with van der Waals surface area (Å²) in [4.78, 5) is 2.14. The van der Waals surface area contributed by atoms with E-state index in [1.807, 2.05) is 6.07 Å². The third kappa shape index (κ3) is 2.72. The maximum atomic E-state index is 2.21. The van der Waals surface area contributed by atoms with Crippen LogP contribution in [0.15, 0.2) is 79.0 Å². The van der Waals surface area contributed by atoms with Gasteiger partial charge in [-0.1, -0.05) is 60.7 Å². The van der Waals surface area contributed by atoms with Crippen LogP contribution in [-0.2, 0) is 0 Å². The van der Waals surface area contributed by atoms with Crippen molar-refractivity contribution in [2.24, 2.45) is 0 Å². The van der Waals surface area contributed by atoms with Gasteiger partial charge in [-0.05, 0) is 34.5 Å². The van der Waals surface area contributed by atoms with Gasteiger partial charge < -0.3 is 4.90 Å². The quantitative estimate of drug-likeness (QED) is 0.643. The summed E-state index contributed by atoms with van der Waals surface area (Å²) in [5, 5.41) is 2.54. The Balaban J connectivity index is 1.85. The fourth-order valence-corrected chi connectivity index (χ4v) is 2.24. The minimum atomic E-state index is 1.19. The van der Waals surface area contributed by atoms with E-state index in [9.17, 15) is 0 Å². The van der Waals surface area contributed by atoms with Crippen molar-refractivity contribution in [2.45, 2.75) is 0 Å². The predicted molar refractivity (Wildman–Crippen MR) is 87.8 cm³/mol. The van der Waals surface area contributed by atoms with Crippen LogP contribution in [0.1, 0.15) is 5.56 Å². The van der Waals surface area contributed by atoms with Crippen LogP contribution in [0.5, 0.6) is 0 Å². The number of fused-ring (bicyclic) bond motifs is 1. The van der Waals surface area contributed by atoms with E-state index in [1.54, 1.807) is 0 Å². The molecule has 0 aliphatic rings. The second-order valence-electron chi connectivity index (χ2n) is 4.87. The second kappa shape index (κ2) is 5.62. The Morgan fingerprint density at radius 3 is 2.25 bits per heavy atom. The van der Waals surface area contributed by atoms with Crippen LogP contribution >= 0.6 is 0 Å². The number of benzene rings is 3. The van der Waals surface area contributed by atoms with Gasteiger partial charge in [0.1, 0.15) is 0 Å². The summed E-state index contributed by atoms with van der Waals surface area (Å²) in [7, 11) is 2.07. The molecule has 0 N–H and O–H groups in total. The summed E-state index contributed by atoms with van der Waals surface area (Å²) in [5.74, 6) is 0. The molecule has 0 saturated heterocycles. The molecular weight excluding hydrogens is 242 g/mol. The van der Waals surface area contributed by atoms with Crippen molar-refractivity contribution in [3.8, 4) is 0 Å². The van der Waals surface area contributed by atoms with Crippen molar-refractivity contribution in [1.29, 1.82) is 0 Å². The van der Waals surface area contributed by atoms with Crippen molar-refractivity contribution in [3.05, 3.63) is 84.6 Å². The lowest BCUT2D eigenvalue weighted by molar-refractivity contribution is 1.22. The highest BCUT2D eigenvalue weighted by molar-refractivity contribution is 5.86. The molecule has 98 valence electrons. The highest BCUT2D eigenvalue weighted by Gasteiger charge is 1.98. The average molecular weight is 259 g/mol. The molecule has 0 aliphatic carbocycles. The zero-order valence-corrected chi connectivity index (χ0v) is 11.5. The van der Waals surface area contributed by atoms with Crippen LogP contribution in [0.4, 0.5) is 5.69 Å². The van der Waals surface area contributed by atoms with E-state index in [4.69, 9.17) is 0 Å². The average Bonchev–Trinajstić information content (AvgIpc) is 2.53. The van der Waals surface area contributed by atoms with Gasteiger partial charge in [-0.3, -0.25) is 0 Å². The van der Waals surface area contributed by atoms with Crippen molar-refractivity contribution < 1.29 is 0 Å². The van der Waals surface area contributed by atoms with Gasteiger partial charge in [0.05, 0.1) is 0 Å². The molecule has 3 aromatic carbocycles. The van der Waals surface area contributed by atoms with Crippen LogP contribution in [0, 0.1) is 0 Å². The lowest BCUT2D eigenvalue weighted by Crippen LogP contribution is -2.07. The highest BCUT2D eigenvalue weighted by atomic mass is 15.1. The molecule has 0 radical (unpaired) electrons. The molecule has 0 amide bonds. The second-order valence-corrected chi connectivity index (χ2v) is 4.87. The minimum Gasteiger partial charge on any atom is -0.351 e. The van der Waals surface area contributed by atoms with Gasteiger partial charge in [-0.2, -0.15) is 0 Å². The van der Waals surface area contributed by atoms with E-state index in [0.717, 1.165) is 0 Å². The Bertz CT molecular complexity index is 729. The standard InChI is InChI=1S/C19H17N/c1-20(14-13-16-7-3-2-4-8-16)19-12-11-17-9-5-6-10-18(17)15-19/h2-15H,1H3. The number of hydrogen-bond acceptors (Lipinski definition) is 1. The number of anilines is 1. The van der Waals surface area contributed by atoms with Crippen LogP contribution in [0.2, 0.25) is 0 Å². The molecule has 3 aromatic rings. The van der Waals surface area contributed by atoms with Crippen molar-refractivity contribution in [2.75, 3.05) is 11.9 Å². The Morgan fingerprint density at radius 2 is 1.45 bits per heavy atom. The monoisotopic (exact) mass is 259 g/mol. The van der Waals surface area contributed by atoms with E-state index < -0.39 is 0 Å². The molecule has 0 saturated carbocycles. The third-order valence-corrected chi connectivity index (χ3v) is 3.43. The zero-order valence-electron chi connectivity index (χ0n) is 11.5. The fourth-order valence-electron chi connectivity index (χ4n) is 2.24. The van der Waals surface area contributed by atoms with E-state index in [1.165, 1.54) is 22.0 Å². The normalized spacial score (nSPS) is 11.1. The summed E-state index contributed by atoms with van der Waals surface area (Å²) in [6, 6.07) is 25.3. The van der Waals surface area contributed by atoms with Gasteiger partial charge >= 0.3 is 0 Å². The first-order chi connectivity index (χ1) is 9.83. The van der Waals surface area contributed by atoms with Crippen LogP contribution < -0.4 is 4.90 Å². The van der Waals surface area contributed by atoms with E-state index in [0.29, 0.717) is 0 Å². The lowest BCUT2D eigenvalue weighted by Gasteiger charge is -2.15. The van der Waals surface area contributed by atoms with Crippen LogP contribution in [0.25, 0.3) is 16.8 Å². The van der Waals surface area contributed by atoms with Crippen LogP contribution in [-0.4, -0.2) is 7.05 Å². The number of hydrogen-bond donors (Lipinski definition) is 0. The molecule has 0 aromatic heterocycles. The third-order valence-electron chi connectivity index (χ3n) is 3.43. The van der Waals surface area contributed by atoms with Crippen molar-refractivity contribution in [3.63, 3.8) is 0 Å². The SMILES string of the molecule is CN(C=Cc1ccccc1)c1ccc2ccccc2c1. The van der Waals surface area contributed by atoms with Gasteiger partial charge in [-0.15, -0.1) is 0 Å². The molecule has 0 fully saturated rings. The first-order valence-corrected chi connectivity index (χ1v) is 6.78. The molecule has 0 spiro atoms. The van der Waals surface area contributed by atoms with Gasteiger partial charge in [0, 0.05) is 18.9 Å². The molecule has 0 bridgehead atoms. The Labute approximate surface area is 119 Å². The summed E-state index contributed by atoms with van der Waals surface area (Å²) in [6.45, 7) is 0. The van der Waals surface area contributed by atoms with Crippen molar-refractivity contribution in [1.82, 2.24) is 0 Å². The van der Waals surface area contributed by atoms with Gasteiger partial charge in [0.2, 0.25) is 0 Å². The van der Waals surface area contributed by atoms with Crippen molar-refractivity contribution >= 4 is 22.5 Å². The van der Waals surface area contributed by atoms with E-state index in [2.05, 4.69) is 91.0 Å². The lowest BCUT2D eigenvalue weighted by atomic mass is 10.1. The molecule has 0 heterocycles. The molecule has 0 unspecified atom stereocenters. The molecular formula is C19H17N. The summed E-state index contributed by atoms with van der Waals surface area (Å²) in [5.41, 5.74) is 2.40. The molecule has 20 heavy (non-hydrogen) atoms. The maximum absolute atomic E-state index is 2.21. The van der Waals surface area contributed by atoms with Gasteiger partial charge in [0.25, 0.3) is 0 Å². The molecule has 1 nitrogen and oxygen atoms in total. The van der Waals surface area contributed by atoms with E-state index in [-0.39, 0.29) is 0 Å². The van der Waals surface area contributed by atoms with Gasteiger partial charge in [0.15, 0.2) is 0 Å². The molecule has 0 aliphatic heterocycles. The van der Waals surface area contributed by atoms with Gasteiger partial charge in [-0.25, -0.2) is 0 Å².